The molecule has 4 rings (SSSR count). The van der Waals surface area contributed by atoms with Gasteiger partial charge in [0, 0.05) is 11.8 Å². The molecular weight excluding hydrogens is 350 g/mol. The highest BCUT2D eigenvalue weighted by Gasteiger charge is 2.32. The van der Waals surface area contributed by atoms with Crippen molar-refractivity contribution in [2.75, 3.05) is 38.3 Å². The molecule has 0 radical (unpaired) electrons. The minimum Gasteiger partial charge on any atom is -0.459 e. The number of hydrogen-bond donors (Lipinski definition) is 2. The Balaban J connectivity index is 1.31. The Hall–Kier alpha value is -3.00. The fourth-order valence-electron chi connectivity index (χ4n) is 3.40. The molecule has 1 fully saturated rings. The first-order valence-corrected chi connectivity index (χ1v) is 8.99. The highest BCUT2D eigenvalue weighted by molar-refractivity contribution is 5.94. The molecule has 1 saturated heterocycles. The van der Waals surface area contributed by atoms with Gasteiger partial charge < -0.3 is 29.0 Å². The summed E-state index contributed by atoms with van der Waals surface area (Å²) in [7, 11) is 0. The third-order valence-corrected chi connectivity index (χ3v) is 5.07. The zero-order valence-electron chi connectivity index (χ0n) is 15.1. The summed E-state index contributed by atoms with van der Waals surface area (Å²) < 4.78 is 15.8. The summed E-state index contributed by atoms with van der Waals surface area (Å²) in [5.41, 5.74) is 0.683. The number of quaternary nitrogens is 1. The van der Waals surface area contributed by atoms with Gasteiger partial charge in [-0.3, -0.25) is 9.59 Å². The summed E-state index contributed by atoms with van der Waals surface area (Å²) in [6.45, 7) is 4.72. The number of fused-ring (bicyclic) bond motifs is 1. The lowest BCUT2D eigenvalue weighted by Crippen LogP contribution is -3.19. The quantitative estimate of drug-likeness (QED) is 0.810. The lowest BCUT2D eigenvalue weighted by atomic mass is 10.2. The van der Waals surface area contributed by atoms with Crippen LogP contribution in [-0.4, -0.2) is 55.7 Å². The van der Waals surface area contributed by atoms with E-state index in [-0.39, 0.29) is 24.6 Å². The van der Waals surface area contributed by atoms with E-state index < -0.39 is 0 Å². The van der Waals surface area contributed by atoms with E-state index in [2.05, 4.69) is 5.32 Å². The predicted molar refractivity (Wildman–Crippen MR) is 96.0 cm³/mol. The van der Waals surface area contributed by atoms with Crippen molar-refractivity contribution in [2.24, 2.45) is 0 Å². The minimum atomic E-state index is -0.226. The topological polar surface area (TPSA) is 85.5 Å². The molecule has 27 heavy (non-hydrogen) atoms. The summed E-state index contributed by atoms with van der Waals surface area (Å²) in [6.07, 6.45) is 1.50. The number of nitrogens with zero attached hydrogens (tertiary/aromatic N) is 1. The van der Waals surface area contributed by atoms with E-state index in [1.54, 1.807) is 35.2 Å². The molecular formula is C19H22N3O5+. The number of benzene rings is 1. The van der Waals surface area contributed by atoms with Gasteiger partial charge in [-0.25, -0.2) is 0 Å². The zero-order chi connectivity index (χ0) is 18.8. The number of anilines is 1. The Morgan fingerprint density at radius 3 is 2.67 bits per heavy atom. The number of furan rings is 1. The van der Waals surface area contributed by atoms with Crippen molar-refractivity contribution in [1.82, 2.24) is 4.90 Å². The molecule has 2 N–H and O–H groups in total. The van der Waals surface area contributed by atoms with E-state index in [1.807, 2.05) is 6.92 Å². The summed E-state index contributed by atoms with van der Waals surface area (Å²) in [4.78, 5) is 27.9. The van der Waals surface area contributed by atoms with Crippen molar-refractivity contribution >= 4 is 17.5 Å². The third-order valence-electron chi connectivity index (χ3n) is 5.07. The Kier molecular flexibility index (Phi) is 4.72. The van der Waals surface area contributed by atoms with Crippen molar-refractivity contribution in [3.63, 3.8) is 0 Å². The van der Waals surface area contributed by atoms with Crippen molar-refractivity contribution in [3.8, 4) is 11.5 Å². The fourth-order valence-corrected chi connectivity index (χ4v) is 3.40. The Morgan fingerprint density at radius 2 is 1.93 bits per heavy atom. The van der Waals surface area contributed by atoms with Crippen molar-refractivity contribution < 1.29 is 28.4 Å². The highest BCUT2D eigenvalue weighted by atomic mass is 16.7. The van der Waals surface area contributed by atoms with Crippen molar-refractivity contribution in [2.45, 2.75) is 13.0 Å². The molecule has 3 heterocycles. The van der Waals surface area contributed by atoms with Crippen LogP contribution in [0.25, 0.3) is 0 Å². The highest BCUT2D eigenvalue weighted by Crippen LogP contribution is 2.34. The van der Waals surface area contributed by atoms with Gasteiger partial charge in [-0.2, -0.15) is 0 Å². The first-order chi connectivity index (χ1) is 13.1. The molecule has 142 valence electrons. The van der Waals surface area contributed by atoms with E-state index in [0.717, 1.165) is 4.90 Å². The van der Waals surface area contributed by atoms with Gasteiger partial charge in [0.1, 0.15) is 0 Å². The number of nitrogens with one attached hydrogen (secondary N) is 2. The molecule has 2 amide bonds. The zero-order valence-corrected chi connectivity index (χ0v) is 15.1. The normalized spacial score (nSPS) is 17.6. The van der Waals surface area contributed by atoms with Gasteiger partial charge in [-0.1, -0.05) is 0 Å². The fraction of sp³-hybridized carbons (Fsp3) is 0.368. The van der Waals surface area contributed by atoms with Crippen LogP contribution in [0.3, 0.4) is 0 Å². The van der Waals surface area contributed by atoms with E-state index in [9.17, 15) is 9.59 Å². The van der Waals surface area contributed by atoms with Crippen LogP contribution >= 0.6 is 0 Å². The van der Waals surface area contributed by atoms with Crippen LogP contribution in [0.5, 0.6) is 11.5 Å². The van der Waals surface area contributed by atoms with Crippen LogP contribution in [0.4, 0.5) is 5.69 Å². The Labute approximate surface area is 156 Å². The SMILES string of the molecule is C[C@H](C(=O)Nc1ccc2c(c1)OCO2)[NH+]1CCN(C(=O)c2ccco2)CC1. The molecule has 0 aliphatic carbocycles. The van der Waals surface area contributed by atoms with E-state index in [4.69, 9.17) is 13.9 Å². The molecule has 2 aliphatic rings. The average Bonchev–Trinajstić information content (AvgIpc) is 3.38. The van der Waals surface area contributed by atoms with Crippen LogP contribution in [0.15, 0.2) is 41.0 Å². The molecule has 0 bridgehead atoms. The second-order valence-corrected chi connectivity index (χ2v) is 6.71. The number of hydrogen-bond acceptors (Lipinski definition) is 5. The van der Waals surface area contributed by atoms with Crippen LogP contribution < -0.4 is 19.7 Å². The smallest absolute Gasteiger partial charge is 0.289 e. The largest absolute Gasteiger partial charge is 0.459 e. The standard InChI is InChI=1S/C19H21N3O5/c1-13(18(23)20-14-4-5-15-17(11-14)27-12-26-15)21-6-8-22(9-7-21)19(24)16-3-2-10-25-16/h2-5,10-11,13H,6-9,12H2,1H3,(H,20,23)/p+1/t13-/m1/s1. The number of ether oxygens (including phenoxy) is 2. The van der Waals surface area contributed by atoms with Gasteiger partial charge in [0.05, 0.1) is 32.4 Å². The molecule has 1 aromatic carbocycles. The monoisotopic (exact) mass is 372 g/mol. The number of carbonyl (C=O) groups excluding carboxylic acids is 2. The van der Waals surface area contributed by atoms with E-state index >= 15 is 0 Å². The van der Waals surface area contributed by atoms with Gasteiger partial charge in [0.15, 0.2) is 23.3 Å². The Morgan fingerprint density at radius 1 is 1.15 bits per heavy atom. The van der Waals surface area contributed by atoms with Crippen LogP contribution in [0, 0.1) is 0 Å². The lowest BCUT2D eigenvalue weighted by Gasteiger charge is -2.34. The number of piperazine rings is 1. The van der Waals surface area contributed by atoms with Gasteiger partial charge in [-0.05, 0) is 31.2 Å². The maximum Gasteiger partial charge on any atom is 0.289 e. The van der Waals surface area contributed by atoms with Crippen LogP contribution in [0.1, 0.15) is 17.5 Å². The van der Waals surface area contributed by atoms with Gasteiger partial charge >= 0.3 is 0 Å². The first-order valence-electron chi connectivity index (χ1n) is 8.99. The summed E-state index contributed by atoms with van der Waals surface area (Å²) in [5.74, 6) is 1.51. The average molecular weight is 372 g/mol. The molecule has 0 unspecified atom stereocenters. The number of carbonyl (C=O) groups is 2. The summed E-state index contributed by atoms with van der Waals surface area (Å²) in [6, 6.07) is 8.50. The Bertz CT molecular complexity index is 828. The third kappa shape index (κ3) is 3.61. The molecule has 1 aromatic heterocycles. The van der Waals surface area contributed by atoms with E-state index in [0.29, 0.717) is 49.1 Å². The van der Waals surface area contributed by atoms with E-state index in [1.165, 1.54) is 6.26 Å². The van der Waals surface area contributed by atoms with Crippen molar-refractivity contribution in [3.05, 3.63) is 42.4 Å². The first kappa shape index (κ1) is 17.4. The molecule has 8 heteroatoms. The maximum absolute atomic E-state index is 12.6. The molecule has 0 spiro atoms. The summed E-state index contributed by atoms with van der Waals surface area (Å²) >= 11 is 0. The van der Waals surface area contributed by atoms with Gasteiger partial charge in [0.25, 0.3) is 11.8 Å². The maximum atomic E-state index is 12.6. The number of rotatable bonds is 4. The van der Waals surface area contributed by atoms with Gasteiger partial charge in [-0.15, -0.1) is 0 Å². The molecule has 1 atom stereocenters. The van der Waals surface area contributed by atoms with Crippen molar-refractivity contribution in [1.29, 1.82) is 0 Å². The molecule has 0 saturated carbocycles. The molecule has 8 nitrogen and oxygen atoms in total. The lowest BCUT2D eigenvalue weighted by molar-refractivity contribution is -0.917. The summed E-state index contributed by atoms with van der Waals surface area (Å²) in [5, 5.41) is 2.93. The van der Waals surface area contributed by atoms with Gasteiger partial charge in [0.2, 0.25) is 6.79 Å². The molecule has 2 aliphatic heterocycles. The second-order valence-electron chi connectivity index (χ2n) is 6.71. The number of amides is 2. The molecule has 2 aromatic rings. The predicted octanol–water partition coefficient (Wildman–Crippen LogP) is 0.376. The minimum absolute atomic E-state index is 0.0605. The van der Waals surface area contributed by atoms with Crippen LogP contribution in [0.2, 0.25) is 0 Å². The van der Waals surface area contributed by atoms with Crippen LogP contribution in [-0.2, 0) is 4.79 Å². The second kappa shape index (κ2) is 7.32.